The van der Waals surface area contributed by atoms with Gasteiger partial charge in [0.15, 0.2) is 0 Å². The molecule has 1 fully saturated rings. The summed E-state index contributed by atoms with van der Waals surface area (Å²) < 4.78 is 0. The lowest BCUT2D eigenvalue weighted by Crippen LogP contribution is -2.33. The van der Waals surface area contributed by atoms with Crippen LogP contribution < -0.4 is 5.73 Å². The molecule has 0 aliphatic carbocycles. The lowest BCUT2D eigenvalue weighted by Gasteiger charge is -2.32. The Hall–Kier alpha value is -0.860. The Labute approximate surface area is 118 Å². The van der Waals surface area contributed by atoms with Crippen LogP contribution in [0, 0.1) is 5.92 Å². The molecular weight excluding hydrogens is 232 g/mol. The molecule has 1 unspecified atom stereocenters. The normalized spacial score (nSPS) is 19.5. The van der Waals surface area contributed by atoms with Crippen molar-refractivity contribution in [3.8, 4) is 0 Å². The van der Waals surface area contributed by atoms with E-state index >= 15 is 0 Å². The summed E-state index contributed by atoms with van der Waals surface area (Å²) in [7, 11) is 0. The largest absolute Gasteiger partial charge is 0.328 e. The zero-order valence-corrected chi connectivity index (χ0v) is 12.2. The van der Waals surface area contributed by atoms with Crippen molar-refractivity contribution < 1.29 is 0 Å². The lowest BCUT2D eigenvalue weighted by molar-refractivity contribution is 0.169. The first-order valence-corrected chi connectivity index (χ1v) is 7.79. The number of hydrogen-bond acceptors (Lipinski definition) is 2. The maximum atomic E-state index is 6.01. The number of likely N-dealkylation sites (tertiary alicyclic amines) is 1. The van der Waals surface area contributed by atoms with Crippen LogP contribution in [0.15, 0.2) is 30.3 Å². The molecule has 1 aliphatic rings. The van der Waals surface area contributed by atoms with Crippen molar-refractivity contribution in [3.05, 3.63) is 35.9 Å². The molecule has 106 valence electrons. The van der Waals surface area contributed by atoms with Crippen LogP contribution in [0.1, 0.15) is 44.6 Å². The average Bonchev–Trinajstić information content (AvgIpc) is 2.47. The summed E-state index contributed by atoms with van der Waals surface area (Å²) in [5.41, 5.74) is 7.45. The van der Waals surface area contributed by atoms with Gasteiger partial charge in [-0.2, -0.15) is 0 Å². The van der Waals surface area contributed by atoms with E-state index in [1.54, 1.807) is 0 Å². The molecule has 1 heterocycles. The van der Waals surface area contributed by atoms with E-state index in [-0.39, 0.29) is 0 Å². The zero-order valence-electron chi connectivity index (χ0n) is 12.2. The first-order valence-electron chi connectivity index (χ1n) is 7.79. The van der Waals surface area contributed by atoms with Crippen molar-refractivity contribution in [2.75, 3.05) is 13.1 Å². The minimum atomic E-state index is 0.419. The van der Waals surface area contributed by atoms with Gasteiger partial charge in [0.2, 0.25) is 0 Å². The van der Waals surface area contributed by atoms with E-state index in [9.17, 15) is 0 Å². The van der Waals surface area contributed by atoms with E-state index in [0.29, 0.717) is 6.04 Å². The maximum absolute atomic E-state index is 6.01. The molecular formula is C17H28N2. The molecule has 2 nitrogen and oxygen atoms in total. The fraction of sp³-hybridized carbons (Fsp3) is 0.647. The van der Waals surface area contributed by atoms with Gasteiger partial charge in [-0.3, -0.25) is 4.90 Å². The van der Waals surface area contributed by atoms with Gasteiger partial charge in [0.25, 0.3) is 0 Å². The second-order valence-corrected chi connectivity index (χ2v) is 5.95. The fourth-order valence-corrected chi connectivity index (χ4v) is 2.93. The van der Waals surface area contributed by atoms with Gasteiger partial charge in [0, 0.05) is 12.6 Å². The fourth-order valence-electron chi connectivity index (χ4n) is 2.93. The SMILES string of the molecule is CCC(N)CCC1CCN(Cc2ccccc2)CC1. The summed E-state index contributed by atoms with van der Waals surface area (Å²) in [5, 5.41) is 0. The molecule has 1 aliphatic heterocycles. The third kappa shape index (κ3) is 4.96. The summed E-state index contributed by atoms with van der Waals surface area (Å²) in [6, 6.07) is 11.2. The Balaban J connectivity index is 1.68. The number of hydrogen-bond donors (Lipinski definition) is 1. The van der Waals surface area contributed by atoms with E-state index in [2.05, 4.69) is 42.2 Å². The van der Waals surface area contributed by atoms with Crippen molar-refractivity contribution in [1.82, 2.24) is 4.90 Å². The highest BCUT2D eigenvalue weighted by Crippen LogP contribution is 2.23. The Morgan fingerprint density at radius 2 is 1.89 bits per heavy atom. The van der Waals surface area contributed by atoms with Crippen molar-refractivity contribution in [1.29, 1.82) is 0 Å². The van der Waals surface area contributed by atoms with Crippen molar-refractivity contribution in [2.24, 2.45) is 11.7 Å². The van der Waals surface area contributed by atoms with Crippen molar-refractivity contribution >= 4 is 0 Å². The Morgan fingerprint density at radius 1 is 1.21 bits per heavy atom. The number of benzene rings is 1. The van der Waals surface area contributed by atoms with Crippen LogP contribution in [0.3, 0.4) is 0 Å². The first-order chi connectivity index (χ1) is 9.28. The first kappa shape index (κ1) is 14.5. The second kappa shape index (κ2) is 7.66. The number of rotatable bonds is 6. The highest BCUT2D eigenvalue weighted by Gasteiger charge is 2.19. The van der Waals surface area contributed by atoms with Gasteiger partial charge in [-0.1, -0.05) is 37.3 Å². The topological polar surface area (TPSA) is 29.3 Å². The minimum Gasteiger partial charge on any atom is -0.328 e. The molecule has 1 atom stereocenters. The maximum Gasteiger partial charge on any atom is 0.0233 e. The van der Waals surface area contributed by atoms with Gasteiger partial charge in [0.05, 0.1) is 0 Å². The van der Waals surface area contributed by atoms with Crippen molar-refractivity contribution in [3.63, 3.8) is 0 Å². The Kier molecular flexibility index (Phi) is 5.87. The second-order valence-electron chi connectivity index (χ2n) is 5.95. The molecule has 2 N–H and O–H groups in total. The molecule has 0 radical (unpaired) electrons. The van der Waals surface area contributed by atoms with Crippen LogP contribution in [0.4, 0.5) is 0 Å². The summed E-state index contributed by atoms with van der Waals surface area (Å²) in [6.45, 7) is 5.80. The lowest BCUT2D eigenvalue weighted by atomic mass is 9.90. The molecule has 1 aromatic rings. The standard InChI is InChI=1S/C17H28N2/c1-2-17(18)9-8-15-10-12-19(13-11-15)14-16-6-4-3-5-7-16/h3-7,15,17H,2,8-14,18H2,1H3. The number of nitrogens with zero attached hydrogens (tertiary/aromatic N) is 1. The highest BCUT2D eigenvalue weighted by atomic mass is 15.1. The predicted octanol–water partition coefficient (Wildman–Crippen LogP) is 3.42. The summed E-state index contributed by atoms with van der Waals surface area (Å²) in [6.07, 6.45) is 6.35. The van der Waals surface area contributed by atoms with Gasteiger partial charge in [-0.25, -0.2) is 0 Å². The molecule has 1 saturated heterocycles. The van der Waals surface area contributed by atoms with Gasteiger partial charge < -0.3 is 5.73 Å². The van der Waals surface area contributed by atoms with E-state index in [1.807, 2.05) is 0 Å². The zero-order chi connectivity index (χ0) is 13.5. The molecule has 2 rings (SSSR count). The van der Waals surface area contributed by atoms with Crippen LogP contribution in [0.5, 0.6) is 0 Å². The van der Waals surface area contributed by atoms with Crippen LogP contribution in [-0.4, -0.2) is 24.0 Å². The van der Waals surface area contributed by atoms with Gasteiger partial charge >= 0.3 is 0 Å². The predicted molar refractivity (Wildman–Crippen MR) is 81.9 cm³/mol. The summed E-state index contributed by atoms with van der Waals surface area (Å²) in [4.78, 5) is 2.59. The van der Waals surface area contributed by atoms with Crippen LogP contribution in [0.25, 0.3) is 0 Å². The molecule has 0 saturated carbocycles. The van der Waals surface area contributed by atoms with Crippen LogP contribution in [0.2, 0.25) is 0 Å². The quantitative estimate of drug-likeness (QED) is 0.849. The molecule has 0 amide bonds. The Bertz CT molecular complexity index is 342. The van der Waals surface area contributed by atoms with Crippen LogP contribution in [-0.2, 0) is 6.54 Å². The smallest absolute Gasteiger partial charge is 0.0233 e. The van der Waals surface area contributed by atoms with Gasteiger partial charge in [-0.05, 0) is 56.7 Å². The molecule has 19 heavy (non-hydrogen) atoms. The van der Waals surface area contributed by atoms with Crippen LogP contribution >= 0.6 is 0 Å². The minimum absolute atomic E-state index is 0.419. The monoisotopic (exact) mass is 260 g/mol. The molecule has 0 spiro atoms. The Morgan fingerprint density at radius 3 is 2.53 bits per heavy atom. The molecule has 0 aromatic heterocycles. The van der Waals surface area contributed by atoms with E-state index in [0.717, 1.165) is 18.9 Å². The van der Waals surface area contributed by atoms with Gasteiger partial charge in [-0.15, -0.1) is 0 Å². The third-order valence-corrected chi connectivity index (χ3v) is 4.43. The van der Waals surface area contributed by atoms with Gasteiger partial charge in [0.1, 0.15) is 0 Å². The van der Waals surface area contributed by atoms with E-state index < -0.39 is 0 Å². The average molecular weight is 260 g/mol. The number of piperidine rings is 1. The highest BCUT2D eigenvalue weighted by molar-refractivity contribution is 5.14. The summed E-state index contributed by atoms with van der Waals surface area (Å²) >= 11 is 0. The molecule has 0 bridgehead atoms. The third-order valence-electron chi connectivity index (χ3n) is 4.43. The summed E-state index contributed by atoms with van der Waals surface area (Å²) in [5.74, 6) is 0.907. The molecule has 2 heteroatoms. The number of nitrogens with two attached hydrogens (primary N) is 1. The van der Waals surface area contributed by atoms with E-state index in [1.165, 1.54) is 44.3 Å². The van der Waals surface area contributed by atoms with Crippen molar-refractivity contribution in [2.45, 2.75) is 51.6 Å². The molecule has 1 aromatic carbocycles. The van der Waals surface area contributed by atoms with E-state index in [4.69, 9.17) is 5.73 Å².